The van der Waals surface area contributed by atoms with Gasteiger partial charge in [-0.2, -0.15) is 0 Å². The largest absolute Gasteiger partial charge is 0.289 e. The fraction of sp³-hybridized carbons (Fsp3) is 0. The van der Waals surface area contributed by atoms with Gasteiger partial charge in [0.15, 0.2) is 5.78 Å². The van der Waals surface area contributed by atoms with E-state index in [0.29, 0.717) is 5.56 Å². The maximum atomic E-state index is 12.5. The third-order valence-corrected chi connectivity index (χ3v) is 4.48. The molecule has 0 aromatic heterocycles. The van der Waals surface area contributed by atoms with Gasteiger partial charge in [0.2, 0.25) is 0 Å². The highest BCUT2D eigenvalue weighted by molar-refractivity contribution is 6.08. The Morgan fingerprint density at radius 2 is 1.27 bits per heavy atom. The zero-order chi connectivity index (χ0) is 17.8. The Labute approximate surface area is 153 Å². The predicted molar refractivity (Wildman–Crippen MR) is 109 cm³/mol. The monoisotopic (exact) mass is 334 g/mol. The molecule has 0 N–H and O–H groups in total. The molecular formula is C25H18O. The van der Waals surface area contributed by atoms with Gasteiger partial charge in [0.25, 0.3) is 0 Å². The zero-order valence-electron chi connectivity index (χ0n) is 14.3. The molecule has 0 aliphatic carbocycles. The summed E-state index contributed by atoms with van der Waals surface area (Å²) in [5, 5.41) is 2.23. The van der Waals surface area contributed by atoms with E-state index in [1.807, 2.05) is 78.9 Å². The van der Waals surface area contributed by atoms with Crippen LogP contribution in [-0.4, -0.2) is 5.78 Å². The van der Waals surface area contributed by atoms with Crippen LogP contribution in [0.25, 0.3) is 28.0 Å². The molecule has 1 heteroatoms. The first-order valence-electron chi connectivity index (χ1n) is 8.66. The first kappa shape index (κ1) is 16.0. The van der Waals surface area contributed by atoms with Crippen molar-refractivity contribution in [3.05, 3.63) is 114 Å². The number of allylic oxidation sites excluding steroid dienone is 1. The Morgan fingerprint density at radius 1 is 0.615 bits per heavy atom. The van der Waals surface area contributed by atoms with Crippen molar-refractivity contribution in [2.45, 2.75) is 0 Å². The van der Waals surface area contributed by atoms with Crippen molar-refractivity contribution >= 4 is 22.6 Å². The quantitative estimate of drug-likeness (QED) is 0.311. The average molecular weight is 334 g/mol. The van der Waals surface area contributed by atoms with Gasteiger partial charge in [0, 0.05) is 5.56 Å². The maximum absolute atomic E-state index is 12.5. The van der Waals surface area contributed by atoms with Crippen molar-refractivity contribution in [1.29, 1.82) is 0 Å². The molecule has 0 bridgehead atoms. The van der Waals surface area contributed by atoms with Crippen LogP contribution in [0.2, 0.25) is 0 Å². The van der Waals surface area contributed by atoms with E-state index in [1.165, 1.54) is 11.1 Å². The maximum Gasteiger partial charge on any atom is 0.185 e. The fourth-order valence-electron chi connectivity index (χ4n) is 3.03. The summed E-state index contributed by atoms with van der Waals surface area (Å²) in [5.41, 5.74) is 4.08. The van der Waals surface area contributed by atoms with Crippen LogP contribution in [0.3, 0.4) is 0 Å². The van der Waals surface area contributed by atoms with Crippen LogP contribution in [0.15, 0.2) is 103 Å². The Balaban J connectivity index is 1.52. The Bertz CT molecular complexity index is 1070. The van der Waals surface area contributed by atoms with E-state index in [9.17, 15) is 4.79 Å². The number of carbonyl (C=O) groups excluding carboxylic acids is 1. The summed E-state index contributed by atoms with van der Waals surface area (Å²) in [4.78, 5) is 12.5. The van der Waals surface area contributed by atoms with E-state index in [1.54, 1.807) is 6.08 Å². The number of ketones is 1. The minimum Gasteiger partial charge on any atom is -0.289 e. The van der Waals surface area contributed by atoms with Gasteiger partial charge in [0.1, 0.15) is 0 Å². The Hall–Kier alpha value is -3.45. The van der Waals surface area contributed by atoms with Crippen LogP contribution in [0.1, 0.15) is 15.9 Å². The fourth-order valence-corrected chi connectivity index (χ4v) is 3.03. The third kappa shape index (κ3) is 3.47. The molecule has 0 heterocycles. The highest BCUT2D eigenvalue weighted by Gasteiger charge is 2.03. The highest BCUT2D eigenvalue weighted by atomic mass is 16.1. The number of carbonyl (C=O) groups is 1. The van der Waals surface area contributed by atoms with Crippen molar-refractivity contribution in [3.63, 3.8) is 0 Å². The third-order valence-electron chi connectivity index (χ3n) is 4.48. The summed E-state index contributed by atoms with van der Waals surface area (Å²) in [6.45, 7) is 0. The second-order valence-electron chi connectivity index (χ2n) is 6.25. The summed E-state index contributed by atoms with van der Waals surface area (Å²) in [7, 11) is 0. The second kappa shape index (κ2) is 7.20. The second-order valence-corrected chi connectivity index (χ2v) is 6.25. The minimum absolute atomic E-state index is 0.0166. The van der Waals surface area contributed by atoms with Crippen molar-refractivity contribution in [2.75, 3.05) is 0 Å². The van der Waals surface area contributed by atoms with Crippen molar-refractivity contribution in [3.8, 4) is 11.1 Å². The van der Waals surface area contributed by atoms with E-state index in [2.05, 4.69) is 24.3 Å². The molecule has 26 heavy (non-hydrogen) atoms. The smallest absolute Gasteiger partial charge is 0.185 e. The number of fused-ring (bicyclic) bond motifs is 1. The molecule has 4 aromatic rings. The molecule has 124 valence electrons. The molecule has 4 rings (SSSR count). The number of rotatable bonds is 4. The van der Waals surface area contributed by atoms with E-state index in [4.69, 9.17) is 0 Å². The van der Waals surface area contributed by atoms with Gasteiger partial charge in [0.05, 0.1) is 0 Å². The van der Waals surface area contributed by atoms with Gasteiger partial charge < -0.3 is 0 Å². The first-order valence-corrected chi connectivity index (χ1v) is 8.66. The molecule has 0 saturated heterocycles. The lowest BCUT2D eigenvalue weighted by Crippen LogP contribution is -1.93. The standard InChI is InChI=1S/C25H18O/c26-25(24-16-15-21-8-4-5-9-23(21)18-24)17-12-19-10-13-22(14-11-19)20-6-2-1-3-7-20/h1-18H/b17-12+. The highest BCUT2D eigenvalue weighted by Crippen LogP contribution is 2.20. The lowest BCUT2D eigenvalue weighted by atomic mass is 10.0. The SMILES string of the molecule is O=C(/C=C/c1ccc(-c2ccccc2)cc1)c1ccc2ccccc2c1. The van der Waals surface area contributed by atoms with Crippen molar-refractivity contribution in [1.82, 2.24) is 0 Å². The van der Waals surface area contributed by atoms with E-state index in [-0.39, 0.29) is 5.78 Å². The summed E-state index contributed by atoms with van der Waals surface area (Å²) < 4.78 is 0. The van der Waals surface area contributed by atoms with Gasteiger partial charge in [-0.25, -0.2) is 0 Å². The molecule has 1 nitrogen and oxygen atoms in total. The number of hydrogen-bond donors (Lipinski definition) is 0. The summed E-state index contributed by atoms with van der Waals surface area (Å²) in [5.74, 6) is 0.0166. The van der Waals surface area contributed by atoms with E-state index >= 15 is 0 Å². The number of hydrogen-bond acceptors (Lipinski definition) is 1. The topological polar surface area (TPSA) is 17.1 Å². The molecule has 0 radical (unpaired) electrons. The molecule has 0 aliphatic heterocycles. The Morgan fingerprint density at radius 3 is 2.04 bits per heavy atom. The lowest BCUT2D eigenvalue weighted by Gasteiger charge is -2.02. The van der Waals surface area contributed by atoms with Crippen LogP contribution in [0, 0.1) is 0 Å². The van der Waals surface area contributed by atoms with Crippen molar-refractivity contribution < 1.29 is 4.79 Å². The van der Waals surface area contributed by atoms with Crippen LogP contribution >= 0.6 is 0 Å². The molecule has 4 aromatic carbocycles. The average Bonchev–Trinajstić information content (AvgIpc) is 2.72. The summed E-state index contributed by atoms with van der Waals surface area (Å²) in [6, 6.07) is 32.4. The minimum atomic E-state index is 0.0166. The number of benzene rings is 4. The molecule has 0 unspecified atom stereocenters. The molecule has 0 saturated carbocycles. The molecule has 0 amide bonds. The normalized spacial score (nSPS) is 11.1. The van der Waals surface area contributed by atoms with Crippen LogP contribution in [0.4, 0.5) is 0 Å². The van der Waals surface area contributed by atoms with Gasteiger partial charge in [-0.15, -0.1) is 0 Å². The van der Waals surface area contributed by atoms with Gasteiger partial charge >= 0.3 is 0 Å². The Kier molecular flexibility index (Phi) is 4.44. The van der Waals surface area contributed by atoms with Crippen LogP contribution in [-0.2, 0) is 0 Å². The molecule has 0 atom stereocenters. The first-order chi connectivity index (χ1) is 12.8. The van der Waals surface area contributed by atoms with E-state index < -0.39 is 0 Å². The summed E-state index contributed by atoms with van der Waals surface area (Å²) in [6.07, 6.45) is 3.51. The van der Waals surface area contributed by atoms with Gasteiger partial charge in [-0.05, 0) is 39.6 Å². The van der Waals surface area contributed by atoms with E-state index in [0.717, 1.165) is 16.3 Å². The van der Waals surface area contributed by atoms with Gasteiger partial charge in [-0.3, -0.25) is 4.79 Å². The molecule has 0 aliphatic rings. The van der Waals surface area contributed by atoms with Gasteiger partial charge in [-0.1, -0.05) is 97.1 Å². The summed E-state index contributed by atoms with van der Waals surface area (Å²) >= 11 is 0. The van der Waals surface area contributed by atoms with Crippen LogP contribution < -0.4 is 0 Å². The predicted octanol–water partition coefficient (Wildman–Crippen LogP) is 6.40. The zero-order valence-corrected chi connectivity index (χ0v) is 14.3. The lowest BCUT2D eigenvalue weighted by molar-refractivity contribution is 0.104. The molecular weight excluding hydrogens is 316 g/mol. The van der Waals surface area contributed by atoms with Crippen LogP contribution in [0.5, 0.6) is 0 Å². The van der Waals surface area contributed by atoms with Crippen molar-refractivity contribution in [2.24, 2.45) is 0 Å². The molecule has 0 spiro atoms. The molecule has 0 fully saturated rings.